The number of piperidine rings is 2. The highest BCUT2D eigenvalue weighted by Gasteiger charge is 2.36. The quantitative estimate of drug-likeness (QED) is 0.196. The molecule has 5 heterocycles. The van der Waals surface area contributed by atoms with Gasteiger partial charge >= 0.3 is 12.1 Å². The van der Waals surface area contributed by atoms with Gasteiger partial charge in [0, 0.05) is 82.0 Å². The normalized spacial score (nSPS) is 19.1. The Morgan fingerprint density at radius 3 is 2.23 bits per heavy atom. The minimum Gasteiger partial charge on any atom is -0.506 e. The second-order valence-corrected chi connectivity index (χ2v) is 16.8. The van der Waals surface area contributed by atoms with Crippen LogP contribution in [-0.2, 0) is 22.6 Å². The number of phenolic OH excluding ortho intramolecular Hbond substituents is 1. The Morgan fingerprint density at radius 2 is 1.54 bits per heavy atom. The van der Waals surface area contributed by atoms with E-state index in [0.717, 1.165) is 42.9 Å². The van der Waals surface area contributed by atoms with E-state index >= 15 is 0 Å². The summed E-state index contributed by atoms with van der Waals surface area (Å²) in [4.78, 5) is 67.3. The number of hydrogen-bond acceptors (Lipinski definition) is 8. The molecule has 4 aliphatic rings. The van der Waals surface area contributed by atoms with Crippen LogP contribution in [-0.4, -0.2) is 119 Å². The van der Waals surface area contributed by atoms with E-state index < -0.39 is 18.0 Å². The van der Waals surface area contributed by atoms with Gasteiger partial charge in [-0.25, -0.2) is 9.59 Å². The standard InChI is InChI=1S/C40H49Br2N9O5/c41-31-21-27(22-32(42)36(31)52)24-34(47-39(55)50-15-9-30(10-16-50)51-25-28-3-1-2-4-33(28)46-40(51)56)37(53)45-35(23-26-5-11-43-12-6-26)38(54)49-19-17-48(18-20-49)29-7-13-44-14-8-29/h1-4,7-8,13-14,21-22,26,30,34-35,43,52H,5-6,9-12,15-20,23-25H2,(H,45,53)(H,46,56)(H,47,55). The molecule has 3 fully saturated rings. The first-order valence-electron chi connectivity index (χ1n) is 19.5. The van der Waals surface area contributed by atoms with Crippen molar-refractivity contribution < 1.29 is 24.3 Å². The maximum absolute atomic E-state index is 14.4. The van der Waals surface area contributed by atoms with Gasteiger partial charge in [-0.1, -0.05) is 18.2 Å². The lowest BCUT2D eigenvalue weighted by Crippen LogP contribution is -2.59. The summed E-state index contributed by atoms with van der Waals surface area (Å²) in [5, 5.41) is 22.9. The maximum Gasteiger partial charge on any atom is 0.322 e. The van der Waals surface area contributed by atoms with Crippen LogP contribution >= 0.6 is 31.9 Å². The highest BCUT2D eigenvalue weighted by molar-refractivity contribution is 9.11. The number of hydrogen-bond donors (Lipinski definition) is 5. The number of rotatable bonds is 10. The summed E-state index contributed by atoms with van der Waals surface area (Å²) in [7, 11) is 0. The van der Waals surface area contributed by atoms with Gasteiger partial charge in [-0.2, -0.15) is 0 Å². The van der Waals surface area contributed by atoms with Gasteiger partial charge in [0.2, 0.25) is 11.8 Å². The van der Waals surface area contributed by atoms with E-state index in [0.29, 0.717) is 79.6 Å². The first-order valence-corrected chi connectivity index (χ1v) is 21.0. The molecule has 4 aliphatic heterocycles. The molecule has 3 aromatic rings. The van der Waals surface area contributed by atoms with Crippen molar-refractivity contribution in [3.8, 4) is 5.75 Å². The molecule has 3 saturated heterocycles. The minimum atomic E-state index is -1.01. The molecule has 0 radical (unpaired) electrons. The van der Waals surface area contributed by atoms with Crippen molar-refractivity contribution in [1.29, 1.82) is 0 Å². The van der Waals surface area contributed by atoms with E-state index in [4.69, 9.17) is 0 Å². The van der Waals surface area contributed by atoms with E-state index in [-0.39, 0.29) is 42.1 Å². The number of amides is 6. The number of benzene rings is 2. The Kier molecular flexibility index (Phi) is 13.0. The molecule has 7 rings (SSSR count). The predicted molar refractivity (Wildman–Crippen MR) is 220 cm³/mol. The molecule has 0 spiro atoms. The largest absolute Gasteiger partial charge is 0.506 e. The summed E-state index contributed by atoms with van der Waals surface area (Å²) >= 11 is 6.79. The molecule has 2 aromatic carbocycles. The molecule has 2 atom stereocenters. The monoisotopic (exact) mass is 893 g/mol. The Hall–Kier alpha value is -4.41. The molecule has 1 aromatic heterocycles. The van der Waals surface area contributed by atoms with E-state index in [9.17, 15) is 24.3 Å². The average molecular weight is 896 g/mol. The summed E-state index contributed by atoms with van der Waals surface area (Å²) in [5.74, 6) is -0.264. The second-order valence-electron chi connectivity index (χ2n) is 15.1. The van der Waals surface area contributed by atoms with E-state index in [1.165, 1.54) is 0 Å². The highest BCUT2D eigenvalue weighted by atomic mass is 79.9. The van der Waals surface area contributed by atoms with Crippen LogP contribution in [0.5, 0.6) is 5.75 Å². The summed E-state index contributed by atoms with van der Waals surface area (Å²) in [6, 6.07) is 12.8. The van der Waals surface area contributed by atoms with Crippen molar-refractivity contribution in [2.75, 3.05) is 62.6 Å². The maximum atomic E-state index is 14.4. The molecular formula is C40H49Br2N9O5. The van der Waals surface area contributed by atoms with Crippen molar-refractivity contribution in [2.24, 2.45) is 5.92 Å². The summed E-state index contributed by atoms with van der Waals surface area (Å²) < 4.78 is 0.896. The fraction of sp³-hybridized carbons (Fsp3) is 0.475. The Balaban J connectivity index is 1.04. The average Bonchev–Trinajstić information content (AvgIpc) is 3.22. The van der Waals surface area contributed by atoms with Gasteiger partial charge in [0.05, 0.1) is 8.95 Å². The molecule has 6 amide bonds. The fourth-order valence-electron chi connectivity index (χ4n) is 8.22. The number of piperazine rings is 1. The Labute approximate surface area is 344 Å². The molecule has 5 N–H and O–H groups in total. The fourth-order valence-corrected chi connectivity index (χ4v) is 9.51. The summed E-state index contributed by atoms with van der Waals surface area (Å²) in [6.45, 7) is 5.44. The van der Waals surface area contributed by atoms with E-state index in [2.05, 4.69) is 63.0 Å². The number of aromatic nitrogens is 1. The number of fused-ring (bicyclic) bond motifs is 1. The van der Waals surface area contributed by atoms with Crippen LogP contribution in [0.15, 0.2) is 69.9 Å². The Morgan fingerprint density at radius 1 is 0.857 bits per heavy atom. The predicted octanol–water partition coefficient (Wildman–Crippen LogP) is 4.67. The van der Waals surface area contributed by atoms with Gasteiger partial charge in [0.15, 0.2) is 0 Å². The van der Waals surface area contributed by atoms with Crippen LogP contribution < -0.4 is 26.2 Å². The van der Waals surface area contributed by atoms with Gasteiger partial charge in [-0.3, -0.25) is 14.6 Å². The third-order valence-corrected chi connectivity index (χ3v) is 12.7. The SMILES string of the molecule is O=C(NC(CC1CCNCC1)C(=O)N1CCN(c2ccncc2)CC1)C(Cc1cc(Br)c(O)c(Br)c1)NC(=O)N1CCC(N2Cc3ccccc3NC2=O)CC1. The molecular weight excluding hydrogens is 846 g/mol. The number of urea groups is 2. The van der Waals surface area contributed by atoms with Gasteiger partial charge < -0.3 is 46.0 Å². The molecule has 56 heavy (non-hydrogen) atoms. The zero-order chi connectivity index (χ0) is 39.2. The van der Waals surface area contributed by atoms with Crippen molar-refractivity contribution in [1.82, 2.24) is 35.6 Å². The van der Waals surface area contributed by atoms with Crippen LogP contribution in [0.25, 0.3) is 0 Å². The number of carbonyl (C=O) groups excluding carboxylic acids is 4. The first kappa shape index (κ1) is 39.8. The number of anilines is 2. The lowest BCUT2D eigenvalue weighted by atomic mass is 9.90. The van der Waals surface area contributed by atoms with Crippen LogP contribution in [0.4, 0.5) is 21.0 Å². The molecule has 0 bridgehead atoms. The number of carbonyl (C=O) groups is 4. The van der Waals surface area contributed by atoms with Crippen LogP contribution in [0.2, 0.25) is 0 Å². The third-order valence-electron chi connectivity index (χ3n) is 11.4. The third kappa shape index (κ3) is 9.57. The van der Waals surface area contributed by atoms with Gasteiger partial charge in [0.1, 0.15) is 17.8 Å². The zero-order valence-corrected chi connectivity index (χ0v) is 34.4. The van der Waals surface area contributed by atoms with E-state index in [1.54, 1.807) is 29.4 Å². The number of aromatic hydroxyl groups is 1. The number of nitrogens with zero attached hydrogens (tertiary/aromatic N) is 5. The topological polar surface area (TPSA) is 162 Å². The van der Waals surface area contributed by atoms with Crippen molar-refractivity contribution in [3.05, 3.63) is 81.0 Å². The van der Waals surface area contributed by atoms with Crippen LogP contribution in [0, 0.1) is 5.92 Å². The Bertz CT molecular complexity index is 1860. The highest BCUT2D eigenvalue weighted by Crippen LogP contribution is 2.34. The van der Waals surface area contributed by atoms with Gasteiger partial charge in [-0.15, -0.1) is 0 Å². The number of pyridine rings is 1. The number of likely N-dealkylation sites (tertiary alicyclic amines) is 1. The molecule has 14 nitrogen and oxygen atoms in total. The second kappa shape index (κ2) is 18.2. The number of phenols is 1. The smallest absolute Gasteiger partial charge is 0.322 e. The first-order chi connectivity index (χ1) is 27.1. The zero-order valence-electron chi connectivity index (χ0n) is 31.3. The number of nitrogens with one attached hydrogen (secondary N) is 4. The minimum absolute atomic E-state index is 0.0317. The summed E-state index contributed by atoms with van der Waals surface area (Å²) in [5.41, 5.74) is 3.64. The number of halogens is 2. The molecule has 0 saturated carbocycles. The summed E-state index contributed by atoms with van der Waals surface area (Å²) in [6.07, 6.45) is 7.17. The van der Waals surface area contributed by atoms with E-state index in [1.807, 2.05) is 46.2 Å². The lowest BCUT2D eigenvalue weighted by Gasteiger charge is -2.41. The molecule has 298 valence electrons. The van der Waals surface area contributed by atoms with Crippen LogP contribution in [0.1, 0.15) is 43.2 Å². The van der Waals surface area contributed by atoms with Crippen molar-refractivity contribution in [3.63, 3.8) is 0 Å². The number of para-hydroxylation sites is 1. The van der Waals surface area contributed by atoms with Crippen molar-refractivity contribution in [2.45, 2.75) is 63.2 Å². The van der Waals surface area contributed by atoms with Gasteiger partial charge in [-0.05, 0) is 124 Å². The lowest BCUT2D eigenvalue weighted by molar-refractivity contribution is -0.137. The van der Waals surface area contributed by atoms with Gasteiger partial charge in [0.25, 0.3) is 0 Å². The molecule has 16 heteroatoms. The molecule has 2 unspecified atom stereocenters. The molecule has 0 aliphatic carbocycles. The van der Waals surface area contributed by atoms with Crippen molar-refractivity contribution >= 4 is 67.1 Å². The van der Waals surface area contributed by atoms with Crippen LogP contribution in [0.3, 0.4) is 0 Å².